The molecule has 3 aromatic heterocycles. The summed E-state index contributed by atoms with van der Waals surface area (Å²) < 4.78 is 2.21. The topological polar surface area (TPSA) is 50.2 Å². The summed E-state index contributed by atoms with van der Waals surface area (Å²) in [6.07, 6.45) is 3.89. The Morgan fingerprint density at radius 1 is 0.900 bits per heavy atom. The van der Waals surface area contributed by atoms with E-state index in [2.05, 4.69) is 61.3 Å². The fourth-order valence-electron chi connectivity index (χ4n) is 4.57. The summed E-state index contributed by atoms with van der Waals surface area (Å²) in [4.78, 5) is 20.4. The van der Waals surface area contributed by atoms with Crippen molar-refractivity contribution in [2.75, 3.05) is 0 Å². The SMILES string of the molecule is CC(C)c1cccc(C(C)C)c1-c1cnc2c3cc(=O)ccc3c3[nH]cccc3n12. The van der Waals surface area contributed by atoms with Gasteiger partial charge in [0, 0.05) is 22.5 Å². The number of nitrogens with zero attached hydrogens (tertiary/aromatic N) is 2. The zero-order valence-electron chi connectivity index (χ0n) is 17.7. The molecular formula is C26H25N3O. The molecule has 0 aliphatic carbocycles. The standard InChI is InChI=1S/C26H25N3O/c1-15(2)18-7-5-8-19(16(3)4)24(18)23-14-28-26-21-13-17(30)10-11-20(21)25-22(29(23)26)9-6-12-27-25/h5-16,27H,1-4H3. The van der Waals surface area contributed by atoms with Gasteiger partial charge >= 0.3 is 0 Å². The molecule has 4 heteroatoms. The fraction of sp³-hybridized carbons (Fsp3) is 0.231. The molecule has 0 saturated heterocycles. The maximum atomic E-state index is 12.2. The first kappa shape index (κ1) is 18.6. The molecule has 150 valence electrons. The number of pyridine rings is 2. The minimum Gasteiger partial charge on any atom is -0.359 e. The lowest BCUT2D eigenvalue weighted by molar-refractivity contribution is 0.836. The van der Waals surface area contributed by atoms with Crippen LogP contribution in [-0.4, -0.2) is 14.4 Å². The molecule has 0 unspecified atom stereocenters. The molecule has 0 fully saturated rings. The van der Waals surface area contributed by atoms with Crippen LogP contribution in [0.25, 0.3) is 38.7 Å². The smallest absolute Gasteiger partial charge is 0.179 e. The number of rotatable bonds is 3. The summed E-state index contributed by atoms with van der Waals surface area (Å²) in [6, 6.07) is 15.9. The molecule has 30 heavy (non-hydrogen) atoms. The van der Waals surface area contributed by atoms with Crippen LogP contribution in [0.3, 0.4) is 0 Å². The molecular weight excluding hydrogens is 370 g/mol. The molecule has 0 aliphatic heterocycles. The largest absolute Gasteiger partial charge is 0.359 e. The zero-order valence-corrected chi connectivity index (χ0v) is 17.7. The third kappa shape index (κ3) is 2.67. The molecule has 0 radical (unpaired) electrons. The summed E-state index contributed by atoms with van der Waals surface area (Å²) in [5, 5.41) is 1.88. The third-order valence-corrected chi connectivity index (χ3v) is 5.97. The molecule has 0 saturated carbocycles. The Morgan fingerprint density at radius 3 is 2.33 bits per heavy atom. The quantitative estimate of drug-likeness (QED) is 0.367. The van der Waals surface area contributed by atoms with Crippen LogP contribution in [0.1, 0.15) is 50.7 Å². The minimum absolute atomic E-state index is 0.00492. The molecule has 5 rings (SSSR count). The second-order valence-electron chi connectivity index (χ2n) is 8.56. The van der Waals surface area contributed by atoms with Gasteiger partial charge in [0.2, 0.25) is 0 Å². The molecule has 0 atom stereocenters. The van der Waals surface area contributed by atoms with E-state index in [1.54, 1.807) is 12.1 Å². The monoisotopic (exact) mass is 395 g/mol. The normalized spacial score (nSPS) is 12.1. The Balaban J connectivity index is 2.02. The van der Waals surface area contributed by atoms with E-state index in [1.165, 1.54) is 16.7 Å². The van der Waals surface area contributed by atoms with Gasteiger partial charge in [0.15, 0.2) is 5.43 Å². The van der Waals surface area contributed by atoms with Crippen molar-refractivity contribution in [3.63, 3.8) is 0 Å². The highest BCUT2D eigenvalue weighted by Gasteiger charge is 2.21. The van der Waals surface area contributed by atoms with Crippen LogP contribution in [0.2, 0.25) is 0 Å². The number of hydrogen-bond donors (Lipinski definition) is 1. The first-order chi connectivity index (χ1) is 14.5. The summed E-state index contributed by atoms with van der Waals surface area (Å²) in [7, 11) is 0. The van der Waals surface area contributed by atoms with Gasteiger partial charge in [0.1, 0.15) is 5.65 Å². The molecule has 0 aliphatic rings. The molecule has 5 aromatic rings. The van der Waals surface area contributed by atoms with Gasteiger partial charge in [0.25, 0.3) is 0 Å². The third-order valence-electron chi connectivity index (χ3n) is 5.97. The molecule has 0 amide bonds. The number of hydrogen-bond acceptors (Lipinski definition) is 2. The van der Waals surface area contributed by atoms with E-state index in [0.717, 1.165) is 33.1 Å². The van der Waals surface area contributed by atoms with E-state index in [0.29, 0.717) is 11.8 Å². The molecule has 3 heterocycles. The van der Waals surface area contributed by atoms with Crippen molar-refractivity contribution in [3.05, 3.63) is 82.3 Å². The number of imidazole rings is 1. The lowest BCUT2D eigenvalue weighted by Crippen LogP contribution is -2.03. The van der Waals surface area contributed by atoms with Crippen molar-refractivity contribution in [1.82, 2.24) is 14.4 Å². The number of aromatic amines is 1. The predicted octanol–water partition coefficient (Wildman–Crippen LogP) is 6.24. The second-order valence-corrected chi connectivity index (χ2v) is 8.56. The van der Waals surface area contributed by atoms with Crippen molar-refractivity contribution < 1.29 is 0 Å². The van der Waals surface area contributed by atoms with E-state index >= 15 is 0 Å². The van der Waals surface area contributed by atoms with E-state index in [1.807, 2.05) is 24.5 Å². The molecule has 2 aromatic carbocycles. The number of H-pyrrole nitrogens is 1. The highest BCUT2D eigenvalue weighted by Crippen LogP contribution is 2.38. The lowest BCUT2D eigenvalue weighted by atomic mass is 9.87. The van der Waals surface area contributed by atoms with Gasteiger partial charge in [-0.05, 0) is 53.3 Å². The van der Waals surface area contributed by atoms with Gasteiger partial charge in [-0.15, -0.1) is 0 Å². The van der Waals surface area contributed by atoms with Crippen molar-refractivity contribution >= 4 is 27.5 Å². The Hall–Kier alpha value is -3.40. The van der Waals surface area contributed by atoms with Crippen molar-refractivity contribution in [3.8, 4) is 11.3 Å². The summed E-state index contributed by atoms with van der Waals surface area (Å²) in [5.74, 6) is 0.770. The minimum atomic E-state index is -0.00492. The fourth-order valence-corrected chi connectivity index (χ4v) is 4.57. The van der Waals surface area contributed by atoms with Crippen LogP contribution in [0.15, 0.2) is 65.7 Å². The van der Waals surface area contributed by atoms with E-state index in [9.17, 15) is 4.79 Å². The number of fused-ring (bicyclic) bond motifs is 6. The predicted molar refractivity (Wildman–Crippen MR) is 124 cm³/mol. The first-order valence-corrected chi connectivity index (χ1v) is 10.5. The maximum absolute atomic E-state index is 12.2. The van der Waals surface area contributed by atoms with Crippen LogP contribution < -0.4 is 5.43 Å². The van der Waals surface area contributed by atoms with Crippen molar-refractivity contribution in [2.24, 2.45) is 0 Å². The van der Waals surface area contributed by atoms with Gasteiger partial charge < -0.3 is 4.98 Å². The average molecular weight is 396 g/mol. The molecule has 0 bridgehead atoms. The van der Waals surface area contributed by atoms with Crippen LogP contribution >= 0.6 is 0 Å². The Bertz CT molecular complexity index is 1440. The molecule has 1 N–H and O–H groups in total. The second kappa shape index (κ2) is 6.84. The Labute approximate surface area is 175 Å². The summed E-state index contributed by atoms with van der Waals surface area (Å²) in [6.45, 7) is 8.93. The van der Waals surface area contributed by atoms with Crippen molar-refractivity contribution in [1.29, 1.82) is 0 Å². The lowest BCUT2D eigenvalue weighted by Gasteiger charge is -2.20. The van der Waals surface area contributed by atoms with Gasteiger partial charge in [-0.25, -0.2) is 4.98 Å². The van der Waals surface area contributed by atoms with Gasteiger partial charge in [-0.1, -0.05) is 45.9 Å². The van der Waals surface area contributed by atoms with E-state index in [-0.39, 0.29) is 5.43 Å². The van der Waals surface area contributed by atoms with Crippen LogP contribution in [0.4, 0.5) is 0 Å². The maximum Gasteiger partial charge on any atom is 0.179 e. The summed E-state index contributed by atoms with van der Waals surface area (Å²) >= 11 is 0. The van der Waals surface area contributed by atoms with Crippen LogP contribution in [0, 0.1) is 0 Å². The number of aromatic nitrogens is 3. The highest BCUT2D eigenvalue weighted by molar-refractivity contribution is 6.10. The summed E-state index contributed by atoms with van der Waals surface area (Å²) in [5.41, 5.74) is 7.82. The van der Waals surface area contributed by atoms with E-state index < -0.39 is 0 Å². The molecule has 4 nitrogen and oxygen atoms in total. The Kier molecular flexibility index (Phi) is 4.24. The number of nitrogens with one attached hydrogen (secondary N) is 1. The van der Waals surface area contributed by atoms with Gasteiger partial charge in [-0.3, -0.25) is 9.20 Å². The number of benzene rings is 2. The van der Waals surface area contributed by atoms with Gasteiger partial charge in [-0.2, -0.15) is 0 Å². The van der Waals surface area contributed by atoms with E-state index in [4.69, 9.17) is 4.98 Å². The van der Waals surface area contributed by atoms with Crippen LogP contribution in [-0.2, 0) is 0 Å². The zero-order chi connectivity index (χ0) is 21.0. The average Bonchev–Trinajstić information content (AvgIpc) is 3.18. The van der Waals surface area contributed by atoms with Gasteiger partial charge in [0.05, 0.1) is 22.9 Å². The first-order valence-electron chi connectivity index (χ1n) is 10.5. The van der Waals surface area contributed by atoms with Crippen LogP contribution in [0.5, 0.6) is 0 Å². The highest BCUT2D eigenvalue weighted by atomic mass is 16.1. The Morgan fingerprint density at radius 2 is 1.63 bits per heavy atom. The molecule has 0 spiro atoms. The van der Waals surface area contributed by atoms with Crippen molar-refractivity contribution in [2.45, 2.75) is 39.5 Å².